The number of nitrogens with one attached hydrogen (secondary N) is 1. The van der Waals surface area contributed by atoms with E-state index in [0.717, 1.165) is 28.5 Å². The van der Waals surface area contributed by atoms with E-state index in [2.05, 4.69) is 35.4 Å². The molecule has 0 saturated carbocycles. The first-order valence-corrected chi connectivity index (χ1v) is 7.97. The third-order valence-electron chi connectivity index (χ3n) is 3.78. The zero-order valence-corrected chi connectivity index (χ0v) is 12.7. The smallest absolute Gasteiger partial charge is 0.312 e. The summed E-state index contributed by atoms with van der Waals surface area (Å²) in [5.74, 6) is -1.19. The van der Waals surface area contributed by atoms with Crippen LogP contribution in [0.3, 0.4) is 0 Å². The lowest BCUT2D eigenvalue weighted by molar-refractivity contribution is -0.139. The second-order valence-corrected chi connectivity index (χ2v) is 6.54. The molecule has 4 nitrogen and oxygen atoms in total. The van der Waals surface area contributed by atoms with Gasteiger partial charge in [-0.15, -0.1) is 11.3 Å². The highest BCUT2D eigenvalue weighted by molar-refractivity contribution is 7.15. The molecule has 3 rings (SSSR count). The Morgan fingerprint density at radius 3 is 3.14 bits per heavy atom. The molecule has 21 heavy (non-hydrogen) atoms. The highest BCUT2D eigenvalue weighted by Crippen LogP contribution is 2.36. The third-order valence-corrected chi connectivity index (χ3v) is 4.87. The first kappa shape index (κ1) is 14.1. The van der Waals surface area contributed by atoms with Gasteiger partial charge in [-0.25, -0.2) is 4.98 Å². The number of anilines is 1. The van der Waals surface area contributed by atoms with Crippen LogP contribution in [0.5, 0.6) is 0 Å². The fraction of sp³-hybridized carbons (Fsp3) is 0.375. The third kappa shape index (κ3) is 3.08. The molecule has 0 bridgehead atoms. The summed E-state index contributed by atoms with van der Waals surface area (Å²) in [7, 11) is 0. The molecule has 1 heterocycles. The molecular weight excluding hydrogens is 284 g/mol. The van der Waals surface area contributed by atoms with Crippen molar-refractivity contribution in [2.45, 2.75) is 38.6 Å². The number of benzene rings is 1. The van der Waals surface area contributed by atoms with E-state index >= 15 is 0 Å². The molecule has 1 aliphatic rings. The van der Waals surface area contributed by atoms with Crippen LogP contribution in [-0.4, -0.2) is 16.1 Å². The number of nitrogens with zero attached hydrogens (tertiary/aromatic N) is 1. The molecule has 0 spiro atoms. The number of hydrogen-bond acceptors (Lipinski definition) is 4. The van der Waals surface area contributed by atoms with E-state index < -0.39 is 11.9 Å². The summed E-state index contributed by atoms with van der Waals surface area (Å²) in [4.78, 5) is 16.9. The fourth-order valence-corrected chi connectivity index (χ4v) is 3.79. The molecule has 2 aromatic rings. The second kappa shape index (κ2) is 5.85. The minimum Gasteiger partial charge on any atom is -0.481 e. The average molecular weight is 302 g/mol. The summed E-state index contributed by atoms with van der Waals surface area (Å²) < 4.78 is 0. The molecule has 1 atom stereocenters. The lowest BCUT2D eigenvalue weighted by Gasteiger charge is -2.16. The number of fused-ring (bicyclic) bond motifs is 1. The Hall–Kier alpha value is -1.88. The molecule has 0 saturated heterocycles. The first-order valence-electron chi connectivity index (χ1n) is 7.15. The SMILES string of the molecule is Cc1cccc(CNc2nc3c(s2)CCCC3C(=O)O)c1. The number of carboxylic acids is 1. The molecule has 1 aromatic carbocycles. The monoisotopic (exact) mass is 302 g/mol. The van der Waals surface area contributed by atoms with Gasteiger partial charge in [-0.1, -0.05) is 29.8 Å². The van der Waals surface area contributed by atoms with Crippen LogP contribution in [0.4, 0.5) is 5.13 Å². The van der Waals surface area contributed by atoms with Gasteiger partial charge in [-0.3, -0.25) is 4.79 Å². The van der Waals surface area contributed by atoms with Crippen LogP contribution in [-0.2, 0) is 17.8 Å². The van der Waals surface area contributed by atoms with Crippen molar-refractivity contribution in [1.29, 1.82) is 0 Å². The number of aliphatic carboxylic acids is 1. The number of aryl methyl sites for hydroxylation is 2. The van der Waals surface area contributed by atoms with E-state index in [1.54, 1.807) is 11.3 Å². The fourth-order valence-electron chi connectivity index (χ4n) is 2.73. The summed E-state index contributed by atoms with van der Waals surface area (Å²) in [6, 6.07) is 8.33. The van der Waals surface area contributed by atoms with Crippen LogP contribution < -0.4 is 5.32 Å². The number of hydrogen-bond donors (Lipinski definition) is 2. The average Bonchev–Trinajstić information content (AvgIpc) is 2.87. The lowest BCUT2D eigenvalue weighted by atomic mass is 9.91. The van der Waals surface area contributed by atoms with Gasteiger partial charge < -0.3 is 10.4 Å². The molecule has 1 unspecified atom stereocenters. The molecule has 5 heteroatoms. The van der Waals surface area contributed by atoms with E-state index in [9.17, 15) is 9.90 Å². The van der Waals surface area contributed by atoms with Gasteiger partial charge in [0.2, 0.25) is 0 Å². The Labute approximate surface area is 127 Å². The standard InChI is InChI=1S/C16H18N2O2S/c1-10-4-2-5-11(8-10)9-17-16-18-14-12(15(19)20)6-3-7-13(14)21-16/h2,4-5,8,12H,3,6-7,9H2,1H3,(H,17,18)(H,19,20). The second-order valence-electron chi connectivity index (χ2n) is 5.45. The van der Waals surface area contributed by atoms with Crippen molar-refractivity contribution in [3.63, 3.8) is 0 Å². The van der Waals surface area contributed by atoms with Gasteiger partial charge in [0.05, 0.1) is 5.69 Å². The van der Waals surface area contributed by atoms with Gasteiger partial charge in [0.1, 0.15) is 5.92 Å². The number of aromatic nitrogens is 1. The predicted molar refractivity (Wildman–Crippen MR) is 83.9 cm³/mol. The van der Waals surface area contributed by atoms with Crippen molar-refractivity contribution < 1.29 is 9.90 Å². The topological polar surface area (TPSA) is 62.2 Å². The molecule has 110 valence electrons. The Bertz CT molecular complexity index is 666. The zero-order valence-electron chi connectivity index (χ0n) is 11.9. The summed E-state index contributed by atoms with van der Waals surface area (Å²) in [5.41, 5.74) is 3.21. The zero-order chi connectivity index (χ0) is 14.8. The van der Waals surface area contributed by atoms with Gasteiger partial charge in [-0.2, -0.15) is 0 Å². The van der Waals surface area contributed by atoms with Crippen LogP contribution in [0.1, 0.15) is 40.5 Å². The van der Waals surface area contributed by atoms with Crippen molar-refractivity contribution in [2.75, 3.05) is 5.32 Å². The number of carbonyl (C=O) groups is 1. The van der Waals surface area contributed by atoms with Crippen molar-refractivity contribution in [3.05, 3.63) is 46.0 Å². The van der Waals surface area contributed by atoms with Gasteiger partial charge in [0.15, 0.2) is 5.13 Å². The molecule has 0 amide bonds. The molecule has 0 fully saturated rings. The maximum absolute atomic E-state index is 11.3. The van der Waals surface area contributed by atoms with Crippen LogP contribution in [0.25, 0.3) is 0 Å². The molecule has 0 radical (unpaired) electrons. The summed E-state index contributed by atoms with van der Waals surface area (Å²) in [6.07, 6.45) is 2.58. The number of carboxylic acid groups (broad SMARTS) is 1. The van der Waals surface area contributed by atoms with E-state index in [0.29, 0.717) is 13.0 Å². The first-order chi connectivity index (χ1) is 10.1. The van der Waals surface area contributed by atoms with Crippen molar-refractivity contribution in [1.82, 2.24) is 4.98 Å². The van der Waals surface area contributed by atoms with Crippen LogP contribution in [0.2, 0.25) is 0 Å². The van der Waals surface area contributed by atoms with Gasteiger partial charge >= 0.3 is 5.97 Å². The minimum atomic E-state index is -0.758. The molecular formula is C16H18N2O2S. The number of rotatable bonds is 4. The molecule has 2 N–H and O–H groups in total. The Morgan fingerprint density at radius 2 is 2.38 bits per heavy atom. The highest BCUT2D eigenvalue weighted by Gasteiger charge is 2.29. The van der Waals surface area contributed by atoms with Gasteiger partial charge in [-0.05, 0) is 31.7 Å². The van der Waals surface area contributed by atoms with E-state index in [4.69, 9.17) is 0 Å². The molecule has 1 aromatic heterocycles. The van der Waals surface area contributed by atoms with Crippen molar-refractivity contribution >= 4 is 22.4 Å². The van der Waals surface area contributed by atoms with Crippen LogP contribution in [0.15, 0.2) is 24.3 Å². The largest absolute Gasteiger partial charge is 0.481 e. The Morgan fingerprint density at radius 1 is 1.52 bits per heavy atom. The highest BCUT2D eigenvalue weighted by atomic mass is 32.1. The Kier molecular flexibility index (Phi) is 3.92. The van der Waals surface area contributed by atoms with Gasteiger partial charge in [0.25, 0.3) is 0 Å². The number of thiazole rings is 1. The maximum atomic E-state index is 11.3. The predicted octanol–water partition coefficient (Wildman–Crippen LogP) is 3.57. The van der Waals surface area contributed by atoms with E-state index in [1.807, 2.05) is 6.07 Å². The van der Waals surface area contributed by atoms with Gasteiger partial charge in [0, 0.05) is 11.4 Å². The quantitative estimate of drug-likeness (QED) is 0.906. The summed E-state index contributed by atoms with van der Waals surface area (Å²) >= 11 is 1.59. The summed E-state index contributed by atoms with van der Waals surface area (Å²) in [5, 5.41) is 13.4. The van der Waals surface area contributed by atoms with Crippen molar-refractivity contribution in [3.8, 4) is 0 Å². The summed E-state index contributed by atoms with van der Waals surface area (Å²) in [6.45, 7) is 2.79. The van der Waals surface area contributed by atoms with Crippen LogP contribution in [0, 0.1) is 6.92 Å². The van der Waals surface area contributed by atoms with Crippen LogP contribution >= 0.6 is 11.3 Å². The van der Waals surface area contributed by atoms with E-state index in [1.165, 1.54) is 11.1 Å². The Balaban J connectivity index is 1.74. The molecule has 0 aliphatic heterocycles. The minimum absolute atomic E-state index is 0.431. The van der Waals surface area contributed by atoms with E-state index in [-0.39, 0.29) is 0 Å². The normalized spacial score (nSPS) is 17.3. The lowest BCUT2D eigenvalue weighted by Crippen LogP contribution is -2.17. The van der Waals surface area contributed by atoms with Crippen molar-refractivity contribution in [2.24, 2.45) is 0 Å². The maximum Gasteiger partial charge on any atom is 0.312 e. The molecule has 1 aliphatic carbocycles.